The summed E-state index contributed by atoms with van der Waals surface area (Å²) in [6.45, 7) is 2.22. The average molecular weight is 236 g/mol. The summed E-state index contributed by atoms with van der Waals surface area (Å²) in [4.78, 5) is 1.32. The molecule has 1 atom stereocenters. The van der Waals surface area contributed by atoms with Crippen LogP contribution in [0.1, 0.15) is 19.3 Å². The van der Waals surface area contributed by atoms with Crippen molar-refractivity contribution in [3.63, 3.8) is 0 Å². The molecule has 3 heteroatoms. The Hall–Kier alpha value is -0.670. The molecule has 1 unspecified atom stereocenters. The van der Waals surface area contributed by atoms with Gasteiger partial charge in [-0.2, -0.15) is 0 Å². The van der Waals surface area contributed by atoms with Gasteiger partial charge in [0.15, 0.2) is 0 Å². The Labute approximate surface area is 102 Å². The van der Waals surface area contributed by atoms with Crippen LogP contribution in [-0.2, 0) is 0 Å². The zero-order valence-corrected chi connectivity index (χ0v) is 10.6. The van der Waals surface area contributed by atoms with Crippen LogP contribution < -0.4 is 10.6 Å². The minimum atomic E-state index is 0.647. The molecule has 1 aromatic rings. The van der Waals surface area contributed by atoms with E-state index in [0.29, 0.717) is 6.04 Å². The Balaban J connectivity index is 1.79. The van der Waals surface area contributed by atoms with Gasteiger partial charge in [-0.25, -0.2) is 0 Å². The molecule has 1 aliphatic rings. The molecule has 0 saturated carbocycles. The molecule has 0 radical (unpaired) electrons. The minimum Gasteiger partial charge on any atom is -0.383 e. The SMILES string of the molecule is CSc1ccc(NCC2CCCCN2)cc1. The zero-order valence-electron chi connectivity index (χ0n) is 9.83. The van der Waals surface area contributed by atoms with Gasteiger partial charge in [-0.15, -0.1) is 11.8 Å². The normalized spacial score (nSPS) is 20.7. The van der Waals surface area contributed by atoms with Gasteiger partial charge in [0.2, 0.25) is 0 Å². The summed E-state index contributed by atoms with van der Waals surface area (Å²) in [5.74, 6) is 0. The van der Waals surface area contributed by atoms with Gasteiger partial charge in [0, 0.05) is 23.2 Å². The molecular formula is C13H20N2S. The second-order valence-electron chi connectivity index (χ2n) is 4.26. The van der Waals surface area contributed by atoms with Crippen molar-refractivity contribution < 1.29 is 0 Å². The van der Waals surface area contributed by atoms with Crippen LogP contribution in [0, 0.1) is 0 Å². The summed E-state index contributed by atoms with van der Waals surface area (Å²) in [7, 11) is 0. The van der Waals surface area contributed by atoms with Gasteiger partial charge in [-0.05, 0) is 49.9 Å². The summed E-state index contributed by atoms with van der Waals surface area (Å²) in [6.07, 6.45) is 6.11. The Morgan fingerprint density at radius 2 is 2.12 bits per heavy atom. The molecule has 1 aromatic carbocycles. The first-order valence-corrected chi connectivity index (χ1v) is 7.22. The van der Waals surface area contributed by atoms with E-state index in [9.17, 15) is 0 Å². The molecule has 0 aliphatic carbocycles. The van der Waals surface area contributed by atoms with Gasteiger partial charge in [-0.1, -0.05) is 6.42 Å². The third-order valence-corrected chi connectivity index (χ3v) is 3.80. The van der Waals surface area contributed by atoms with Gasteiger partial charge in [-0.3, -0.25) is 0 Å². The van der Waals surface area contributed by atoms with Crippen LogP contribution in [0.2, 0.25) is 0 Å². The van der Waals surface area contributed by atoms with Gasteiger partial charge < -0.3 is 10.6 Å². The monoisotopic (exact) mass is 236 g/mol. The topological polar surface area (TPSA) is 24.1 Å². The van der Waals surface area contributed by atoms with E-state index in [-0.39, 0.29) is 0 Å². The van der Waals surface area contributed by atoms with Crippen molar-refractivity contribution >= 4 is 17.4 Å². The molecule has 1 fully saturated rings. The highest BCUT2D eigenvalue weighted by Gasteiger charge is 2.11. The van der Waals surface area contributed by atoms with Gasteiger partial charge in [0.1, 0.15) is 0 Å². The van der Waals surface area contributed by atoms with Crippen molar-refractivity contribution in [2.24, 2.45) is 0 Å². The summed E-state index contributed by atoms with van der Waals surface area (Å²) in [5.41, 5.74) is 1.23. The Morgan fingerprint density at radius 3 is 2.75 bits per heavy atom. The van der Waals surface area contributed by atoms with E-state index in [4.69, 9.17) is 0 Å². The molecule has 16 heavy (non-hydrogen) atoms. The Kier molecular flexibility index (Phi) is 4.55. The third kappa shape index (κ3) is 3.42. The molecule has 2 nitrogen and oxygen atoms in total. The van der Waals surface area contributed by atoms with Gasteiger partial charge >= 0.3 is 0 Å². The number of piperidine rings is 1. The van der Waals surface area contributed by atoms with Crippen LogP contribution in [0.5, 0.6) is 0 Å². The first-order chi connectivity index (χ1) is 7.88. The Morgan fingerprint density at radius 1 is 1.31 bits per heavy atom. The van der Waals surface area contributed by atoms with Crippen molar-refractivity contribution in [1.82, 2.24) is 5.32 Å². The third-order valence-electron chi connectivity index (χ3n) is 3.05. The number of nitrogens with one attached hydrogen (secondary N) is 2. The molecule has 0 amide bonds. The van der Waals surface area contributed by atoms with Crippen LogP contribution in [0.3, 0.4) is 0 Å². The van der Waals surface area contributed by atoms with Crippen molar-refractivity contribution in [2.75, 3.05) is 24.7 Å². The van der Waals surface area contributed by atoms with Crippen LogP contribution in [-0.4, -0.2) is 25.4 Å². The van der Waals surface area contributed by atoms with Crippen molar-refractivity contribution in [2.45, 2.75) is 30.2 Å². The fraction of sp³-hybridized carbons (Fsp3) is 0.538. The maximum atomic E-state index is 3.55. The quantitative estimate of drug-likeness (QED) is 0.786. The molecule has 0 aromatic heterocycles. The second kappa shape index (κ2) is 6.16. The molecule has 2 N–H and O–H groups in total. The molecular weight excluding hydrogens is 216 g/mol. The Bertz CT molecular complexity index is 304. The second-order valence-corrected chi connectivity index (χ2v) is 5.14. The van der Waals surface area contributed by atoms with Crippen molar-refractivity contribution in [3.05, 3.63) is 24.3 Å². The molecule has 0 bridgehead atoms. The van der Waals surface area contributed by atoms with E-state index in [0.717, 1.165) is 6.54 Å². The molecule has 1 saturated heterocycles. The first kappa shape index (κ1) is 11.8. The zero-order chi connectivity index (χ0) is 11.2. The highest BCUT2D eigenvalue weighted by atomic mass is 32.2. The van der Waals surface area contributed by atoms with Gasteiger partial charge in [0.25, 0.3) is 0 Å². The number of benzene rings is 1. The number of thioether (sulfide) groups is 1. The molecule has 88 valence electrons. The standard InChI is InChI=1S/C13H20N2S/c1-16-13-7-5-11(6-8-13)15-10-12-4-2-3-9-14-12/h5-8,12,14-15H,2-4,9-10H2,1H3. The first-order valence-electron chi connectivity index (χ1n) is 6.00. The lowest BCUT2D eigenvalue weighted by molar-refractivity contribution is 0.414. The van der Waals surface area contributed by atoms with E-state index >= 15 is 0 Å². The van der Waals surface area contributed by atoms with Crippen LogP contribution in [0.4, 0.5) is 5.69 Å². The number of hydrogen-bond acceptors (Lipinski definition) is 3. The number of anilines is 1. The number of rotatable bonds is 4. The molecule has 2 rings (SSSR count). The lowest BCUT2D eigenvalue weighted by atomic mass is 10.1. The van der Waals surface area contributed by atoms with Crippen LogP contribution in [0.15, 0.2) is 29.2 Å². The molecule has 1 heterocycles. The average Bonchev–Trinajstić information content (AvgIpc) is 2.38. The minimum absolute atomic E-state index is 0.647. The maximum absolute atomic E-state index is 3.55. The fourth-order valence-corrected chi connectivity index (χ4v) is 2.46. The van der Waals surface area contributed by atoms with E-state index in [1.54, 1.807) is 11.8 Å². The van der Waals surface area contributed by atoms with Crippen molar-refractivity contribution in [3.8, 4) is 0 Å². The summed E-state index contributed by atoms with van der Waals surface area (Å²) in [5, 5.41) is 7.04. The summed E-state index contributed by atoms with van der Waals surface area (Å²) in [6, 6.07) is 9.31. The lowest BCUT2D eigenvalue weighted by Crippen LogP contribution is -2.39. The van der Waals surface area contributed by atoms with Crippen LogP contribution in [0.25, 0.3) is 0 Å². The molecule has 1 aliphatic heterocycles. The van der Waals surface area contributed by atoms with E-state index < -0.39 is 0 Å². The largest absolute Gasteiger partial charge is 0.383 e. The van der Waals surface area contributed by atoms with Crippen LogP contribution >= 0.6 is 11.8 Å². The van der Waals surface area contributed by atoms with Crippen molar-refractivity contribution in [1.29, 1.82) is 0 Å². The van der Waals surface area contributed by atoms with E-state index in [1.807, 2.05) is 0 Å². The highest BCUT2D eigenvalue weighted by Crippen LogP contribution is 2.17. The predicted molar refractivity (Wildman–Crippen MR) is 72.4 cm³/mol. The van der Waals surface area contributed by atoms with Gasteiger partial charge in [0.05, 0.1) is 0 Å². The van der Waals surface area contributed by atoms with E-state index in [1.165, 1.54) is 36.4 Å². The number of hydrogen-bond donors (Lipinski definition) is 2. The fourth-order valence-electron chi connectivity index (χ4n) is 2.05. The summed E-state index contributed by atoms with van der Waals surface area (Å²) < 4.78 is 0. The summed E-state index contributed by atoms with van der Waals surface area (Å²) >= 11 is 1.78. The lowest BCUT2D eigenvalue weighted by Gasteiger charge is -2.24. The highest BCUT2D eigenvalue weighted by molar-refractivity contribution is 7.98. The smallest absolute Gasteiger partial charge is 0.0341 e. The van der Waals surface area contributed by atoms with E-state index in [2.05, 4.69) is 41.2 Å². The predicted octanol–water partition coefficient (Wildman–Crippen LogP) is 2.96. The molecule has 0 spiro atoms. The maximum Gasteiger partial charge on any atom is 0.0341 e.